The highest BCUT2D eigenvalue weighted by Gasteiger charge is 2.11. The van der Waals surface area contributed by atoms with Crippen LogP contribution in [0.25, 0.3) is 0 Å². The van der Waals surface area contributed by atoms with Crippen LogP contribution in [0.4, 0.5) is 5.69 Å². The minimum absolute atomic E-state index is 0.323. The number of carbonyl (C=O) groups excluding carboxylic acids is 1. The Kier molecular flexibility index (Phi) is 6.32. The predicted molar refractivity (Wildman–Crippen MR) is 94.3 cm³/mol. The molecule has 0 bridgehead atoms. The number of rotatable bonds is 7. The van der Waals surface area contributed by atoms with Gasteiger partial charge in [0.1, 0.15) is 0 Å². The Bertz CT molecular complexity index is 701. The molecule has 1 N–H and O–H groups in total. The number of halogens is 1. The molecule has 0 aliphatic rings. The standard InChI is InChI=1S/C18H20ClNO4/c1-4-24-18(21)13-5-7-14(8-6-13)20-11-12-9-15(19)17(23-3)16(10-12)22-2/h5-10,20H,4,11H2,1-3H3. The number of methoxy groups -OCH3 is 2. The maximum Gasteiger partial charge on any atom is 0.338 e. The Labute approximate surface area is 146 Å². The van der Waals surface area contributed by atoms with Crippen molar-refractivity contribution in [1.82, 2.24) is 0 Å². The summed E-state index contributed by atoms with van der Waals surface area (Å²) in [7, 11) is 3.12. The van der Waals surface area contributed by atoms with E-state index in [2.05, 4.69) is 5.32 Å². The molecule has 0 fully saturated rings. The van der Waals surface area contributed by atoms with Gasteiger partial charge in [-0.3, -0.25) is 0 Å². The summed E-state index contributed by atoms with van der Waals surface area (Å²) in [6.07, 6.45) is 0. The summed E-state index contributed by atoms with van der Waals surface area (Å²) in [6, 6.07) is 10.8. The fraction of sp³-hybridized carbons (Fsp3) is 0.278. The van der Waals surface area contributed by atoms with E-state index in [4.69, 9.17) is 25.8 Å². The van der Waals surface area contributed by atoms with Gasteiger partial charge in [-0.2, -0.15) is 0 Å². The number of hydrogen-bond donors (Lipinski definition) is 1. The van der Waals surface area contributed by atoms with Gasteiger partial charge in [0, 0.05) is 12.2 Å². The van der Waals surface area contributed by atoms with Crippen molar-refractivity contribution in [2.75, 3.05) is 26.1 Å². The molecule has 0 saturated heterocycles. The molecule has 0 aromatic heterocycles. The van der Waals surface area contributed by atoms with Crippen LogP contribution in [0.3, 0.4) is 0 Å². The minimum atomic E-state index is -0.323. The van der Waals surface area contributed by atoms with Crippen molar-refractivity contribution in [2.45, 2.75) is 13.5 Å². The van der Waals surface area contributed by atoms with Gasteiger partial charge in [-0.1, -0.05) is 11.6 Å². The second kappa shape index (κ2) is 8.45. The quantitative estimate of drug-likeness (QED) is 0.761. The van der Waals surface area contributed by atoms with E-state index in [1.54, 1.807) is 33.3 Å². The summed E-state index contributed by atoms with van der Waals surface area (Å²) >= 11 is 6.20. The zero-order chi connectivity index (χ0) is 17.5. The van der Waals surface area contributed by atoms with E-state index in [0.29, 0.717) is 35.2 Å². The normalized spacial score (nSPS) is 10.2. The van der Waals surface area contributed by atoms with E-state index in [-0.39, 0.29) is 5.97 Å². The fourth-order valence-electron chi connectivity index (χ4n) is 2.22. The van der Waals surface area contributed by atoms with Crippen LogP contribution in [0.15, 0.2) is 36.4 Å². The van der Waals surface area contributed by atoms with Gasteiger partial charge in [0.05, 0.1) is 31.4 Å². The molecule has 0 unspecified atom stereocenters. The maximum absolute atomic E-state index is 11.6. The summed E-state index contributed by atoms with van der Waals surface area (Å²) < 4.78 is 15.5. The van der Waals surface area contributed by atoms with Crippen molar-refractivity contribution in [3.8, 4) is 11.5 Å². The third-order valence-electron chi connectivity index (χ3n) is 3.39. The van der Waals surface area contributed by atoms with Crippen LogP contribution >= 0.6 is 11.6 Å². The molecule has 0 amide bonds. The van der Waals surface area contributed by atoms with Crippen LogP contribution in [-0.2, 0) is 11.3 Å². The topological polar surface area (TPSA) is 56.8 Å². The average molecular weight is 350 g/mol. The summed E-state index contributed by atoms with van der Waals surface area (Å²) in [5.74, 6) is 0.775. The van der Waals surface area contributed by atoms with Gasteiger partial charge in [-0.05, 0) is 48.9 Å². The molecule has 2 aromatic carbocycles. The second-order valence-electron chi connectivity index (χ2n) is 4.96. The van der Waals surface area contributed by atoms with Gasteiger partial charge in [0.2, 0.25) is 0 Å². The van der Waals surface area contributed by atoms with Crippen LogP contribution in [0.5, 0.6) is 11.5 Å². The predicted octanol–water partition coefficient (Wildman–Crippen LogP) is 4.15. The molecule has 2 aromatic rings. The molecule has 5 nitrogen and oxygen atoms in total. The first-order valence-corrected chi connectivity index (χ1v) is 7.88. The highest BCUT2D eigenvalue weighted by Crippen LogP contribution is 2.36. The average Bonchev–Trinajstić information content (AvgIpc) is 2.60. The van der Waals surface area contributed by atoms with E-state index in [9.17, 15) is 4.79 Å². The molecule has 24 heavy (non-hydrogen) atoms. The number of carbonyl (C=O) groups is 1. The zero-order valence-electron chi connectivity index (χ0n) is 13.9. The first-order chi connectivity index (χ1) is 11.6. The van der Waals surface area contributed by atoms with Crippen molar-refractivity contribution in [3.05, 3.63) is 52.5 Å². The Morgan fingerprint density at radius 3 is 2.42 bits per heavy atom. The van der Waals surface area contributed by atoms with Gasteiger partial charge in [0.25, 0.3) is 0 Å². The molecule has 0 atom stereocenters. The van der Waals surface area contributed by atoms with Gasteiger partial charge < -0.3 is 19.5 Å². The Hall–Kier alpha value is -2.40. The van der Waals surface area contributed by atoms with E-state index in [1.807, 2.05) is 24.3 Å². The maximum atomic E-state index is 11.6. The molecule has 0 saturated carbocycles. The highest BCUT2D eigenvalue weighted by molar-refractivity contribution is 6.32. The summed E-state index contributed by atoms with van der Waals surface area (Å²) in [5, 5.41) is 3.76. The highest BCUT2D eigenvalue weighted by atomic mass is 35.5. The summed E-state index contributed by atoms with van der Waals surface area (Å²) in [5.41, 5.74) is 2.36. The number of anilines is 1. The van der Waals surface area contributed by atoms with Crippen LogP contribution in [0, 0.1) is 0 Å². The third-order valence-corrected chi connectivity index (χ3v) is 3.67. The van der Waals surface area contributed by atoms with E-state index in [0.717, 1.165) is 11.3 Å². The van der Waals surface area contributed by atoms with Crippen molar-refractivity contribution in [2.24, 2.45) is 0 Å². The first kappa shape index (κ1) is 17.9. The van der Waals surface area contributed by atoms with Gasteiger partial charge in [0.15, 0.2) is 11.5 Å². The van der Waals surface area contributed by atoms with Crippen LogP contribution in [0.2, 0.25) is 5.02 Å². The van der Waals surface area contributed by atoms with Gasteiger partial charge in [-0.15, -0.1) is 0 Å². The number of benzene rings is 2. The zero-order valence-corrected chi connectivity index (χ0v) is 14.6. The molecular weight excluding hydrogens is 330 g/mol. The molecule has 0 aliphatic heterocycles. The number of ether oxygens (including phenoxy) is 3. The molecule has 0 radical (unpaired) electrons. The molecule has 6 heteroatoms. The monoisotopic (exact) mass is 349 g/mol. The second-order valence-corrected chi connectivity index (χ2v) is 5.37. The number of nitrogens with one attached hydrogen (secondary N) is 1. The van der Waals surface area contributed by atoms with Crippen LogP contribution in [0.1, 0.15) is 22.8 Å². The third kappa shape index (κ3) is 4.32. The fourth-order valence-corrected chi connectivity index (χ4v) is 2.53. The van der Waals surface area contributed by atoms with Crippen molar-refractivity contribution < 1.29 is 19.0 Å². The Balaban J connectivity index is 2.05. The van der Waals surface area contributed by atoms with Crippen molar-refractivity contribution >= 4 is 23.3 Å². The lowest BCUT2D eigenvalue weighted by Crippen LogP contribution is -2.05. The number of hydrogen-bond acceptors (Lipinski definition) is 5. The molecule has 0 aliphatic carbocycles. The molecule has 128 valence electrons. The molecule has 2 rings (SSSR count). The van der Waals surface area contributed by atoms with Gasteiger partial charge >= 0.3 is 5.97 Å². The van der Waals surface area contributed by atoms with E-state index in [1.165, 1.54) is 0 Å². The Morgan fingerprint density at radius 2 is 1.83 bits per heavy atom. The van der Waals surface area contributed by atoms with Crippen LogP contribution in [-0.4, -0.2) is 26.8 Å². The lowest BCUT2D eigenvalue weighted by molar-refractivity contribution is 0.0526. The van der Waals surface area contributed by atoms with Crippen LogP contribution < -0.4 is 14.8 Å². The first-order valence-electron chi connectivity index (χ1n) is 7.50. The summed E-state index contributed by atoms with van der Waals surface area (Å²) in [4.78, 5) is 11.6. The van der Waals surface area contributed by atoms with E-state index < -0.39 is 0 Å². The lowest BCUT2D eigenvalue weighted by Gasteiger charge is -2.13. The largest absolute Gasteiger partial charge is 0.493 e. The SMILES string of the molecule is CCOC(=O)c1ccc(NCc2cc(Cl)c(OC)c(OC)c2)cc1. The van der Waals surface area contributed by atoms with E-state index >= 15 is 0 Å². The number of esters is 1. The Morgan fingerprint density at radius 1 is 1.12 bits per heavy atom. The molecule has 0 heterocycles. The molecular formula is C18H20ClNO4. The molecule has 0 spiro atoms. The minimum Gasteiger partial charge on any atom is -0.493 e. The summed E-state index contributed by atoms with van der Waals surface area (Å²) in [6.45, 7) is 2.69. The van der Waals surface area contributed by atoms with Crippen molar-refractivity contribution in [1.29, 1.82) is 0 Å². The van der Waals surface area contributed by atoms with Gasteiger partial charge in [-0.25, -0.2) is 4.79 Å². The smallest absolute Gasteiger partial charge is 0.338 e. The lowest BCUT2D eigenvalue weighted by atomic mass is 10.1. The van der Waals surface area contributed by atoms with Crippen molar-refractivity contribution in [3.63, 3.8) is 0 Å².